The molecular weight excluding hydrogens is 184 g/mol. The molecule has 0 saturated carbocycles. The zero-order chi connectivity index (χ0) is 10.1. The van der Waals surface area contributed by atoms with Crippen LogP contribution in [0.1, 0.15) is 12.0 Å². The second kappa shape index (κ2) is 3.21. The highest BCUT2D eigenvalue weighted by atomic mass is 16.5. The molecule has 74 valence electrons. The molecule has 0 aromatic heterocycles. The summed E-state index contributed by atoms with van der Waals surface area (Å²) in [7, 11) is 0. The summed E-state index contributed by atoms with van der Waals surface area (Å²) in [5.74, 6) is -0.378. The monoisotopic (exact) mass is 194 g/mol. The highest BCUT2D eigenvalue weighted by molar-refractivity contribution is 5.68. The van der Waals surface area contributed by atoms with Gasteiger partial charge in [-0.3, -0.25) is 4.79 Å². The van der Waals surface area contributed by atoms with Crippen LogP contribution in [-0.4, -0.2) is 22.3 Å². The maximum Gasteiger partial charge on any atom is 0.307 e. The highest BCUT2D eigenvalue weighted by Crippen LogP contribution is 2.37. The SMILES string of the molecule is O=C(O)CC1Cc2cccc(O)c2O1. The quantitative estimate of drug-likeness (QED) is 0.741. The summed E-state index contributed by atoms with van der Waals surface area (Å²) >= 11 is 0. The molecule has 1 unspecified atom stereocenters. The zero-order valence-corrected chi connectivity index (χ0v) is 7.43. The lowest BCUT2D eigenvalue weighted by Gasteiger charge is -2.07. The molecule has 1 heterocycles. The molecular formula is C10H10O4. The minimum Gasteiger partial charge on any atom is -0.504 e. The van der Waals surface area contributed by atoms with Crippen molar-refractivity contribution in [1.82, 2.24) is 0 Å². The fourth-order valence-corrected chi connectivity index (χ4v) is 1.63. The van der Waals surface area contributed by atoms with Crippen molar-refractivity contribution >= 4 is 5.97 Å². The molecule has 0 radical (unpaired) electrons. The maximum atomic E-state index is 10.4. The smallest absolute Gasteiger partial charge is 0.307 e. The Morgan fingerprint density at radius 3 is 3.00 bits per heavy atom. The number of benzene rings is 1. The summed E-state index contributed by atoms with van der Waals surface area (Å²) in [4.78, 5) is 10.4. The summed E-state index contributed by atoms with van der Waals surface area (Å²) in [6.07, 6.45) is 0.167. The number of carboxylic acids is 1. The molecule has 0 bridgehead atoms. The number of ether oxygens (including phenoxy) is 1. The van der Waals surface area contributed by atoms with Crippen LogP contribution in [0.25, 0.3) is 0 Å². The van der Waals surface area contributed by atoms with Crippen molar-refractivity contribution in [3.05, 3.63) is 23.8 Å². The number of rotatable bonds is 2. The third-order valence-electron chi connectivity index (χ3n) is 2.21. The van der Waals surface area contributed by atoms with Crippen molar-refractivity contribution in [2.75, 3.05) is 0 Å². The molecule has 1 atom stereocenters. The average molecular weight is 194 g/mol. The van der Waals surface area contributed by atoms with E-state index in [1.165, 1.54) is 6.07 Å². The van der Waals surface area contributed by atoms with Crippen molar-refractivity contribution in [2.24, 2.45) is 0 Å². The maximum absolute atomic E-state index is 10.4. The summed E-state index contributed by atoms with van der Waals surface area (Å²) in [5.41, 5.74) is 0.872. The third-order valence-corrected chi connectivity index (χ3v) is 2.21. The van der Waals surface area contributed by atoms with Crippen LogP contribution < -0.4 is 4.74 Å². The summed E-state index contributed by atoms with van der Waals surface area (Å²) < 4.78 is 5.32. The van der Waals surface area contributed by atoms with Crippen LogP contribution in [0.4, 0.5) is 0 Å². The molecule has 0 saturated heterocycles. The minimum atomic E-state index is -0.887. The van der Waals surface area contributed by atoms with Crippen LogP contribution in [0.5, 0.6) is 11.5 Å². The molecule has 2 rings (SSSR count). The Morgan fingerprint density at radius 1 is 1.57 bits per heavy atom. The fraction of sp³-hybridized carbons (Fsp3) is 0.300. The van der Waals surface area contributed by atoms with Gasteiger partial charge in [0, 0.05) is 12.0 Å². The number of fused-ring (bicyclic) bond motifs is 1. The van der Waals surface area contributed by atoms with Gasteiger partial charge >= 0.3 is 5.97 Å². The van der Waals surface area contributed by atoms with Gasteiger partial charge in [-0.05, 0) is 6.07 Å². The lowest BCUT2D eigenvalue weighted by atomic mass is 10.1. The van der Waals surface area contributed by atoms with Gasteiger partial charge in [-0.2, -0.15) is 0 Å². The fourth-order valence-electron chi connectivity index (χ4n) is 1.63. The van der Waals surface area contributed by atoms with E-state index in [1.807, 2.05) is 6.07 Å². The molecule has 14 heavy (non-hydrogen) atoms. The molecule has 1 aromatic rings. The lowest BCUT2D eigenvalue weighted by molar-refractivity contribution is -0.138. The lowest BCUT2D eigenvalue weighted by Crippen LogP contribution is -2.17. The molecule has 0 aliphatic carbocycles. The largest absolute Gasteiger partial charge is 0.504 e. The number of hydrogen-bond donors (Lipinski definition) is 2. The van der Waals surface area contributed by atoms with Crippen molar-refractivity contribution in [1.29, 1.82) is 0 Å². The molecule has 4 nitrogen and oxygen atoms in total. The van der Waals surface area contributed by atoms with E-state index in [4.69, 9.17) is 9.84 Å². The Bertz CT molecular complexity index is 372. The predicted molar refractivity (Wildman–Crippen MR) is 48.5 cm³/mol. The van der Waals surface area contributed by atoms with E-state index in [1.54, 1.807) is 6.07 Å². The van der Waals surface area contributed by atoms with Crippen LogP contribution >= 0.6 is 0 Å². The second-order valence-electron chi connectivity index (χ2n) is 3.31. The van der Waals surface area contributed by atoms with E-state index in [0.717, 1.165) is 5.56 Å². The number of carboxylic acid groups (broad SMARTS) is 1. The van der Waals surface area contributed by atoms with Crippen LogP contribution in [0, 0.1) is 0 Å². The first-order valence-electron chi connectivity index (χ1n) is 4.36. The van der Waals surface area contributed by atoms with Crippen LogP contribution in [-0.2, 0) is 11.2 Å². The van der Waals surface area contributed by atoms with Gasteiger partial charge < -0.3 is 14.9 Å². The van der Waals surface area contributed by atoms with E-state index in [0.29, 0.717) is 12.2 Å². The van der Waals surface area contributed by atoms with E-state index in [-0.39, 0.29) is 18.3 Å². The summed E-state index contributed by atoms with van der Waals surface area (Å²) in [5, 5.41) is 18.0. The van der Waals surface area contributed by atoms with Crippen molar-refractivity contribution in [2.45, 2.75) is 18.9 Å². The van der Waals surface area contributed by atoms with Gasteiger partial charge in [0.15, 0.2) is 11.5 Å². The molecule has 1 aliphatic heterocycles. The number of aliphatic carboxylic acids is 1. The van der Waals surface area contributed by atoms with E-state index in [2.05, 4.69) is 0 Å². The van der Waals surface area contributed by atoms with E-state index in [9.17, 15) is 9.90 Å². The first-order valence-corrected chi connectivity index (χ1v) is 4.36. The van der Waals surface area contributed by atoms with Crippen LogP contribution in [0.2, 0.25) is 0 Å². The number of phenols is 1. The number of aromatic hydroxyl groups is 1. The second-order valence-corrected chi connectivity index (χ2v) is 3.31. The van der Waals surface area contributed by atoms with Gasteiger partial charge in [-0.15, -0.1) is 0 Å². The number of phenolic OH excluding ortho intramolecular Hbond substituents is 1. The van der Waals surface area contributed by atoms with Gasteiger partial charge in [0.25, 0.3) is 0 Å². The van der Waals surface area contributed by atoms with Gasteiger partial charge in [0.2, 0.25) is 0 Å². The summed E-state index contributed by atoms with van der Waals surface area (Å²) in [6.45, 7) is 0. The molecule has 0 fully saturated rings. The molecule has 2 N–H and O–H groups in total. The topological polar surface area (TPSA) is 66.8 Å². The van der Waals surface area contributed by atoms with Crippen molar-refractivity contribution in [3.8, 4) is 11.5 Å². The molecule has 0 spiro atoms. The standard InChI is InChI=1S/C10H10O4/c11-8-3-1-2-6-4-7(5-9(12)13)14-10(6)8/h1-3,7,11H,4-5H2,(H,12,13). The Hall–Kier alpha value is -1.71. The summed E-state index contributed by atoms with van der Waals surface area (Å²) in [6, 6.07) is 5.08. The first-order chi connectivity index (χ1) is 6.66. The Kier molecular flexibility index (Phi) is 2.04. The van der Waals surface area contributed by atoms with Crippen LogP contribution in [0.15, 0.2) is 18.2 Å². The predicted octanol–water partition coefficient (Wildman–Crippen LogP) is 1.17. The average Bonchev–Trinajstić information content (AvgIpc) is 2.47. The molecule has 0 amide bonds. The van der Waals surface area contributed by atoms with Crippen molar-refractivity contribution in [3.63, 3.8) is 0 Å². The number of carbonyl (C=O) groups is 1. The normalized spacial score (nSPS) is 18.7. The molecule has 1 aliphatic rings. The molecule has 4 heteroatoms. The van der Waals surface area contributed by atoms with Gasteiger partial charge in [0.05, 0.1) is 6.42 Å². The van der Waals surface area contributed by atoms with Crippen LogP contribution in [0.3, 0.4) is 0 Å². The van der Waals surface area contributed by atoms with Gasteiger partial charge in [-0.25, -0.2) is 0 Å². The van der Waals surface area contributed by atoms with Gasteiger partial charge in [-0.1, -0.05) is 12.1 Å². The number of para-hydroxylation sites is 1. The van der Waals surface area contributed by atoms with E-state index >= 15 is 0 Å². The number of hydrogen-bond acceptors (Lipinski definition) is 3. The van der Waals surface area contributed by atoms with Crippen molar-refractivity contribution < 1.29 is 19.7 Å². The third kappa shape index (κ3) is 1.51. The zero-order valence-electron chi connectivity index (χ0n) is 7.43. The molecule has 1 aromatic carbocycles. The van der Waals surface area contributed by atoms with Gasteiger partial charge in [0.1, 0.15) is 6.10 Å². The Labute approximate surface area is 80.7 Å². The first kappa shape index (κ1) is 8.87. The Balaban J connectivity index is 2.18. The Morgan fingerprint density at radius 2 is 2.36 bits per heavy atom. The minimum absolute atomic E-state index is 0.0336. The highest BCUT2D eigenvalue weighted by Gasteiger charge is 2.26. The van der Waals surface area contributed by atoms with E-state index < -0.39 is 5.97 Å².